The highest BCUT2D eigenvalue weighted by atomic mass is 35.5. The van der Waals surface area contributed by atoms with Crippen LogP contribution in [-0.2, 0) is 4.79 Å². The first kappa shape index (κ1) is 40.2. The van der Waals surface area contributed by atoms with Gasteiger partial charge in [0.2, 0.25) is 0 Å². The first-order chi connectivity index (χ1) is 22.9. The van der Waals surface area contributed by atoms with E-state index >= 15 is 0 Å². The van der Waals surface area contributed by atoms with Crippen molar-refractivity contribution in [1.29, 1.82) is 5.41 Å². The van der Waals surface area contributed by atoms with Crippen LogP contribution in [-0.4, -0.2) is 123 Å². The Morgan fingerprint density at radius 3 is 1.71 bits per heavy atom. The van der Waals surface area contributed by atoms with Gasteiger partial charge in [-0.1, -0.05) is 23.2 Å². The summed E-state index contributed by atoms with van der Waals surface area (Å²) in [6, 6.07) is 0. The van der Waals surface area contributed by atoms with Crippen molar-refractivity contribution in [2.75, 3.05) is 75.3 Å². The number of carboxylic acids is 1. The van der Waals surface area contributed by atoms with Crippen molar-refractivity contribution in [2.45, 2.75) is 19.0 Å². The number of aliphatic imine (C=N–C) groups is 1. The number of aliphatic carboxylic acids is 1. The van der Waals surface area contributed by atoms with E-state index < -0.39 is 24.0 Å². The van der Waals surface area contributed by atoms with Crippen LogP contribution in [0.2, 0.25) is 10.3 Å². The van der Waals surface area contributed by atoms with Crippen molar-refractivity contribution in [1.82, 2.24) is 45.7 Å². The van der Waals surface area contributed by atoms with Crippen LogP contribution in [0, 0.1) is 5.41 Å². The van der Waals surface area contributed by atoms with E-state index in [-0.39, 0.29) is 56.9 Å². The zero-order chi connectivity index (χ0) is 36.9. The zero-order valence-corrected chi connectivity index (χ0v) is 27.2. The normalized spacial score (nSPS) is 13.9. The number of carbonyl (C=O) groups is 3. The van der Waals surface area contributed by atoms with Gasteiger partial charge in [-0.05, 0) is 25.9 Å². The summed E-state index contributed by atoms with van der Waals surface area (Å²) in [5.41, 5.74) is 27.7. The number of amides is 2. The van der Waals surface area contributed by atoms with E-state index in [4.69, 9.17) is 67.2 Å². The van der Waals surface area contributed by atoms with Gasteiger partial charge >= 0.3 is 18.1 Å². The Bertz CT molecular complexity index is 1540. The summed E-state index contributed by atoms with van der Waals surface area (Å²) < 4.78 is 31.7. The van der Waals surface area contributed by atoms with E-state index in [1.807, 2.05) is 0 Å². The number of carboxylic acid groups (broad SMARTS) is 1. The topological polar surface area (TPSA) is 332 Å². The molecule has 270 valence electrons. The van der Waals surface area contributed by atoms with Crippen LogP contribution in [0.4, 0.5) is 36.4 Å². The van der Waals surface area contributed by atoms with Gasteiger partial charge < -0.3 is 54.2 Å². The second kappa shape index (κ2) is 18.5. The van der Waals surface area contributed by atoms with Crippen molar-refractivity contribution in [2.24, 2.45) is 10.7 Å². The number of guanidine groups is 2. The van der Waals surface area contributed by atoms with Crippen molar-refractivity contribution in [3.63, 3.8) is 0 Å². The SMILES string of the molecule is N=C(NCCCN1CCN(CCCNC(N)=NC(=O)c2nc(Cl)c(N)nc2N)CC1)NC(=O)c1nc(Cl)c(N)nc1N.O=C(O)C(F)(F)F. The molecule has 2 aromatic rings. The van der Waals surface area contributed by atoms with Gasteiger partial charge in [0.05, 0.1) is 0 Å². The second-order valence-corrected chi connectivity index (χ2v) is 10.7. The molecule has 3 rings (SSSR count). The van der Waals surface area contributed by atoms with Crippen molar-refractivity contribution in [3.05, 3.63) is 21.7 Å². The lowest BCUT2D eigenvalue weighted by molar-refractivity contribution is -0.192. The number of nitrogens with one attached hydrogen (secondary N) is 4. The number of carbonyl (C=O) groups excluding carboxylic acids is 2. The molecule has 1 aliphatic heterocycles. The quantitative estimate of drug-likeness (QED) is 0.0788. The largest absolute Gasteiger partial charge is 0.490 e. The van der Waals surface area contributed by atoms with Gasteiger partial charge in [0.15, 0.2) is 56.9 Å². The Kier molecular flexibility index (Phi) is 15.2. The smallest absolute Gasteiger partial charge is 0.475 e. The molecular weight excluding hydrogens is 704 g/mol. The molecule has 20 nitrogen and oxygen atoms in total. The van der Waals surface area contributed by atoms with E-state index in [1.54, 1.807) is 0 Å². The minimum Gasteiger partial charge on any atom is -0.475 e. The molecule has 0 atom stereocenters. The summed E-state index contributed by atoms with van der Waals surface area (Å²) in [7, 11) is 0. The lowest BCUT2D eigenvalue weighted by Crippen LogP contribution is -2.48. The molecule has 1 fully saturated rings. The maximum Gasteiger partial charge on any atom is 0.490 e. The molecule has 0 spiro atoms. The average Bonchev–Trinajstić information content (AvgIpc) is 3.01. The predicted octanol–water partition coefficient (Wildman–Crippen LogP) is -1.07. The Morgan fingerprint density at radius 1 is 0.816 bits per heavy atom. The van der Waals surface area contributed by atoms with Gasteiger partial charge in [-0.3, -0.25) is 20.3 Å². The molecule has 0 aliphatic carbocycles. The minimum atomic E-state index is -5.08. The van der Waals surface area contributed by atoms with Crippen molar-refractivity contribution >= 4 is 76.2 Å². The molecular formula is C24H35Cl2F3N16O4. The number of alkyl halides is 3. The molecule has 1 aliphatic rings. The molecule has 1 saturated heterocycles. The first-order valence-corrected chi connectivity index (χ1v) is 14.8. The van der Waals surface area contributed by atoms with Gasteiger partial charge in [-0.2, -0.15) is 18.2 Å². The molecule has 0 unspecified atom stereocenters. The fraction of sp³-hybridized carbons (Fsp3) is 0.458. The van der Waals surface area contributed by atoms with Crippen LogP contribution in [0.5, 0.6) is 0 Å². The van der Waals surface area contributed by atoms with Crippen LogP contribution >= 0.6 is 23.2 Å². The Balaban J connectivity index is 0.00000107. The van der Waals surface area contributed by atoms with Gasteiger partial charge in [-0.15, -0.1) is 0 Å². The number of nitrogen functional groups attached to an aromatic ring is 4. The van der Waals surface area contributed by atoms with Crippen LogP contribution in [0.3, 0.4) is 0 Å². The molecule has 25 heteroatoms. The second-order valence-electron chi connectivity index (χ2n) is 9.95. The third-order valence-electron chi connectivity index (χ3n) is 6.31. The van der Waals surface area contributed by atoms with E-state index in [1.165, 1.54) is 0 Å². The van der Waals surface area contributed by atoms with Crippen LogP contribution < -0.4 is 44.6 Å². The number of nitrogens with two attached hydrogens (primary N) is 5. The highest BCUT2D eigenvalue weighted by molar-refractivity contribution is 6.32. The van der Waals surface area contributed by atoms with Crippen LogP contribution in [0.25, 0.3) is 0 Å². The molecule has 0 radical (unpaired) electrons. The van der Waals surface area contributed by atoms with Gasteiger partial charge in [0.1, 0.15) is 0 Å². The number of rotatable bonds is 10. The van der Waals surface area contributed by atoms with E-state index in [0.29, 0.717) is 13.1 Å². The fourth-order valence-electron chi connectivity index (χ4n) is 3.90. The van der Waals surface area contributed by atoms with E-state index in [0.717, 1.165) is 52.1 Å². The molecule has 0 aromatic carbocycles. The van der Waals surface area contributed by atoms with Crippen LogP contribution in [0.1, 0.15) is 33.8 Å². The Labute approximate surface area is 286 Å². The summed E-state index contributed by atoms with van der Waals surface area (Å²) in [4.78, 5) is 57.0. The third kappa shape index (κ3) is 13.6. The fourth-order valence-corrected chi connectivity index (χ4v) is 4.15. The summed E-state index contributed by atoms with van der Waals surface area (Å²) in [6.07, 6.45) is -3.52. The van der Waals surface area contributed by atoms with Gasteiger partial charge in [0, 0.05) is 39.3 Å². The summed E-state index contributed by atoms with van der Waals surface area (Å²) in [5.74, 6) is -5.01. The maximum absolute atomic E-state index is 12.3. The predicted molar refractivity (Wildman–Crippen MR) is 175 cm³/mol. The van der Waals surface area contributed by atoms with Crippen molar-refractivity contribution in [3.8, 4) is 0 Å². The van der Waals surface area contributed by atoms with Crippen molar-refractivity contribution < 1.29 is 32.7 Å². The summed E-state index contributed by atoms with van der Waals surface area (Å²) >= 11 is 11.6. The molecule has 3 heterocycles. The standard InChI is InChI=1S/C22H34Cl2N16O2.C2HF3O2/c23-13-17(27)35-15(25)11(33-13)19(41)37-21(29)31-3-1-5-39-7-9-40(10-8-39)6-2-4-32-22(30)38-20(42)12-16(26)36-18(28)14(24)34-12;3-2(4,5)1(6)7/h1-10H2,(H4,25,27,35)(H4,26,28,36)(H3,29,31,37,41)(H3,30,32,38,42);(H,6,7). The number of halogens is 5. The molecule has 0 bridgehead atoms. The van der Waals surface area contributed by atoms with E-state index in [9.17, 15) is 22.8 Å². The lowest BCUT2D eigenvalue weighted by Gasteiger charge is -2.34. The third-order valence-corrected chi connectivity index (χ3v) is 6.86. The highest BCUT2D eigenvalue weighted by Gasteiger charge is 2.38. The molecule has 0 saturated carbocycles. The summed E-state index contributed by atoms with van der Waals surface area (Å²) in [5, 5.41) is 22.9. The average molecular weight is 740 g/mol. The highest BCUT2D eigenvalue weighted by Crippen LogP contribution is 2.18. The molecule has 2 aromatic heterocycles. The van der Waals surface area contributed by atoms with Gasteiger partial charge in [-0.25, -0.2) is 24.7 Å². The first-order valence-electron chi connectivity index (χ1n) is 14.1. The monoisotopic (exact) mass is 738 g/mol. The number of aromatic nitrogens is 4. The number of nitrogens with zero attached hydrogens (tertiary/aromatic N) is 7. The maximum atomic E-state index is 12.3. The lowest BCUT2D eigenvalue weighted by atomic mass is 10.2. The number of hydrogen-bond acceptors (Lipinski definition) is 14. The Morgan fingerprint density at radius 2 is 1.24 bits per heavy atom. The summed E-state index contributed by atoms with van der Waals surface area (Å²) in [6.45, 7) is 6.32. The number of piperazine rings is 1. The number of hydrogen-bond donors (Lipinski definition) is 10. The minimum absolute atomic E-state index is 0.0623. The molecule has 15 N–H and O–H groups in total. The number of anilines is 4. The van der Waals surface area contributed by atoms with Gasteiger partial charge in [0.25, 0.3) is 5.91 Å². The molecule has 49 heavy (non-hydrogen) atoms. The molecule has 2 amide bonds. The van der Waals surface area contributed by atoms with Crippen LogP contribution in [0.15, 0.2) is 4.99 Å². The Hall–Kier alpha value is -5.00. The van der Waals surface area contributed by atoms with E-state index in [2.05, 4.69) is 50.7 Å². The zero-order valence-electron chi connectivity index (χ0n) is 25.7.